The molecule has 154 valence electrons. The van der Waals surface area contributed by atoms with Gasteiger partial charge < -0.3 is 24.0 Å². The SMILES string of the molecule is CC(C)(C)OC(=O)N1CCc2cc3c(cc2CC1)N(C[C@H]1CCCO1)CCO3. The van der Waals surface area contributed by atoms with Crippen LogP contribution < -0.4 is 9.64 Å². The molecule has 1 aromatic rings. The number of hydrogen-bond donors (Lipinski definition) is 0. The van der Waals surface area contributed by atoms with Gasteiger partial charge in [0.05, 0.1) is 18.3 Å². The molecule has 0 bridgehead atoms. The van der Waals surface area contributed by atoms with Gasteiger partial charge in [-0.25, -0.2) is 4.79 Å². The minimum Gasteiger partial charge on any atom is -0.490 e. The van der Waals surface area contributed by atoms with Gasteiger partial charge in [-0.05, 0) is 69.7 Å². The Morgan fingerprint density at radius 1 is 1.14 bits per heavy atom. The van der Waals surface area contributed by atoms with Crippen molar-refractivity contribution in [3.05, 3.63) is 23.3 Å². The van der Waals surface area contributed by atoms with E-state index in [1.165, 1.54) is 16.8 Å². The highest BCUT2D eigenvalue weighted by Crippen LogP contribution is 2.36. The van der Waals surface area contributed by atoms with Crippen LogP contribution in [0.5, 0.6) is 5.75 Å². The smallest absolute Gasteiger partial charge is 0.410 e. The highest BCUT2D eigenvalue weighted by Gasteiger charge is 2.28. The first kappa shape index (κ1) is 19.4. The molecule has 1 atom stereocenters. The van der Waals surface area contributed by atoms with Crippen molar-refractivity contribution in [3.8, 4) is 5.75 Å². The van der Waals surface area contributed by atoms with Gasteiger partial charge in [0, 0.05) is 26.2 Å². The maximum absolute atomic E-state index is 12.5. The lowest BCUT2D eigenvalue weighted by Gasteiger charge is -2.33. The fraction of sp³-hybridized carbons (Fsp3) is 0.682. The summed E-state index contributed by atoms with van der Waals surface area (Å²) >= 11 is 0. The predicted octanol–water partition coefficient (Wildman–Crippen LogP) is 3.40. The number of amides is 1. The lowest BCUT2D eigenvalue weighted by Crippen LogP contribution is -2.38. The topological polar surface area (TPSA) is 51.2 Å². The normalized spacial score (nSPS) is 22.2. The van der Waals surface area contributed by atoms with E-state index in [2.05, 4.69) is 17.0 Å². The Labute approximate surface area is 167 Å². The van der Waals surface area contributed by atoms with Crippen molar-refractivity contribution in [1.82, 2.24) is 4.90 Å². The van der Waals surface area contributed by atoms with Gasteiger partial charge in [0.25, 0.3) is 0 Å². The van der Waals surface area contributed by atoms with E-state index in [1.807, 2.05) is 25.7 Å². The largest absolute Gasteiger partial charge is 0.490 e. The molecule has 0 N–H and O–H groups in total. The van der Waals surface area contributed by atoms with E-state index in [0.29, 0.717) is 25.8 Å². The van der Waals surface area contributed by atoms with Crippen LogP contribution in [0.1, 0.15) is 44.7 Å². The van der Waals surface area contributed by atoms with Crippen LogP contribution in [0, 0.1) is 0 Å². The zero-order chi connectivity index (χ0) is 19.7. The molecule has 3 heterocycles. The Balaban J connectivity index is 1.49. The molecule has 6 heteroatoms. The van der Waals surface area contributed by atoms with Gasteiger partial charge in [-0.15, -0.1) is 0 Å². The zero-order valence-electron chi connectivity index (χ0n) is 17.3. The van der Waals surface area contributed by atoms with Crippen LogP contribution in [0.15, 0.2) is 12.1 Å². The maximum Gasteiger partial charge on any atom is 0.410 e. The molecule has 1 amide bonds. The highest BCUT2D eigenvalue weighted by atomic mass is 16.6. The molecule has 6 nitrogen and oxygen atoms in total. The summed E-state index contributed by atoms with van der Waals surface area (Å²) in [5.41, 5.74) is 3.30. The summed E-state index contributed by atoms with van der Waals surface area (Å²) in [6.45, 7) is 10.5. The van der Waals surface area contributed by atoms with E-state index in [4.69, 9.17) is 14.2 Å². The van der Waals surface area contributed by atoms with Crippen LogP contribution in [0.4, 0.5) is 10.5 Å². The van der Waals surface area contributed by atoms with Crippen molar-refractivity contribution in [3.63, 3.8) is 0 Å². The third-order valence-electron chi connectivity index (χ3n) is 5.64. The van der Waals surface area contributed by atoms with E-state index in [-0.39, 0.29) is 6.09 Å². The Kier molecular flexibility index (Phi) is 5.41. The van der Waals surface area contributed by atoms with Gasteiger partial charge in [0.15, 0.2) is 0 Å². The fourth-order valence-corrected chi connectivity index (χ4v) is 4.22. The van der Waals surface area contributed by atoms with Crippen LogP contribution in [-0.2, 0) is 22.3 Å². The summed E-state index contributed by atoms with van der Waals surface area (Å²) in [6, 6.07) is 4.46. The molecule has 28 heavy (non-hydrogen) atoms. The van der Waals surface area contributed by atoms with Crippen molar-refractivity contribution in [2.75, 3.05) is 44.3 Å². The fourth-order valence-electron chi connectivity index (χ4n) is 4.22. The van der Waals surface area contributed by atoms with Crippen molar-refractivity contribution in [2.24, 2.45) is 0 Å². The van der Waals surface area contributed by atoms with Crippen LogP contribution in [0.25, 0.3) is 0 Å². The Morgan fingerprint density at radius 2 is 1.89 bits per heavy atom. The first-order valence-corrected chi connectivity index (χ1v) is 10.5. The maximum atomic E-state index is 12.5. The number of anilines is 1. The lowest BCUT2D eigenvalue weighted by molar-refractivity contribution is 0.0258. The molecule has 0 aromatic heterocycles. The van der Waals surface area contributed by atoms with E-state index in [0.717, 1.165) is 51.1 Å². The predicted molar refractivity (Wildman–Crippen MR) is 108 cm³/mol. The van der Waals surface area contributed by atoms with E-state index < -0.39 is 5.60 Å². The van der Waals surface area contributed by atoms with Crippen molar-refractivity contribution in [1.29, 1.82) is 0 Å². The molecular weight excluding hydrogens is 356 g/mol. The minimum atomic E-state index is -0.466. The summed E-state index contributed by atoms with van der Waals surface area (Å²) in [7, 11) is 0. The molecule has 0 saturated carbocycles. The second-order valence-electron chi connectivity index (χ2n) is 8.99. The summed E-state index contributed by atoms with van der Waals surface area (Å²) < 4.78 is 17.4. The van der Waals surface area contributed by atoms with Crippen molar-refractivity contribution >= 4 is 11.8 Å². The van der Waals surface area contributed by atoms with Gasteiger partial charge in [-0.3, -0.25) is 0 Å². The number of hydrogen-bond acceptors (Lipinski definition) is 5. The lowest BCUT2D eigenvalue weighted by atomic mass is 10.0. The number of rotatable bonds is 2. The zero-order valence-corrected chi connectivity index (χ0v) is 17.3. The highest BCUT2D eigenvalue weighted by molar-refractivity contribution is 5.69. The van der Waals surface area contributed by atoms with E-state index in [1.54, 1.807) is 0 Å². The van der Waals surface area contributed by atoms with Crippen LogP contribution in [0.3, 0.4) is 0 Å². The Morgan fingerprint density at radius 3 is 2.57 bits per heavy atom. The third kappa shape index (κ3) is 4.37. The third-order valence-corrected chi connectivity index (χ3v) is 5.64. The van der Waals surface area contributed by atoms with E-state index in [9.17, 15) is 4.79 Å². The van der Waals surface area contributed by atoms with Crippen LogP contribution in [-0.4, -0.2) is 62.1 Å². The number of nitrogens with zero attached hydrogens (tertiary/aromatic N) is 2. The average molecular weight is 389 g/mol. The number of fused-ring (bicyclic) bond motifs is 2. The molecule has 0 aliphatic carbocycles. The van der Waals surface area contributed by atoms with Crippen LogP contribution >= 0.6 is 0 Å². The van der Waals surface area contributed by atoms with Gasteiger partial charge in [-0.2, -0.15) is 0 Å². The second kappa shape index (κ2) is 7.82. The standard InChI is InChI=1S/C22H32N2O4/c1-22(2,3)28-21(25)23-8-6-16-13-19-20(14-17(16)7-9-23)27-12-10-24(19)15-18-5-4-11-26-18/h13-14,18H,4-12,15H2,1-3H3/t18-/m1/s1. The molecular formula is C22H32N2O4. The molecule has 3 aliphatic heterocycles. The van der Waals surface area contributed by atoms with Crippen molar-refractivity contribution < 1.29 is 19.0 Å². The average Bonchev–Trinajstić information content (AvgIpc) is 3.04. The van der Waals surface area contributed by atoms with Gasteiger partial charge >= 0.3 is 6.09 Å². The van der Waals surface area contributed by atoms with Gasteiger partial charge in [0.1, 0.15) is 18.0 Å². The quantitative estimate of drug-likeness (QED) is 0.777. The monoisotopic (exact) mass is 388 g/mol. The molecule has 0 unspecified atom stereocenters. The summed E-state index contributed by atoms with van der Waals surface area (Å²) in [6.07, 6.45) is 4.08. The minimum absolute atomic E-state index is 0.221. The molecule has 1 aromatic carbocycles. The van der Waals surface area contributed by atoms with Crippen LogP contribution in [0.2, 0.25) is 0 Å². The Hall–Kier alpha value is -1.95. The molecule has 0 spiro atoms. The summed E-state index contributed by atoms with van der Waals surface area (Å²) in [4.78, 5) is 16.7. The number of carbonyl (C=O) groups excluding carboxylic acids is 1. The first-order chi connectivity index (χ1) is 13.4. The van der Waals surface area contributed by atoms with Gasteiger partial charge in [0.2, 0.25) is 0 Å². The molecule has 1 fully saturated rings. The number of benzene rings is 1. The van der Waals surface area contributed by atoms with Crippen molar-refractivity contribution in [2.45, 2.75) is 58.2 Å². The molecule has 1 saturated heterocycles. The number of carbonyl (C=O) groups is 1. The molecule has 3 aliphatic rings. The Bertz CT molecular complexity index is 722. The molecule has 4 rings (SSSR count). The second-order valence-corrected chi connectivity index (χ2v) is 8.99. The van der Waals surface area contributed by atoms with Gasteiger partial charge in [-0.1, -0.05) is 0 Å². The summed E-state index contributed by atoms with van der Waals surface area (Å²) in [5.74, 6) is 0.966. The van der Waals surface area contributed by atoms with E-state index >= 15 is 0 Å². The summed E-state index contributed by atoms with van der Waals surface area (Å²) in [5, 5.41) is 0. The first-order valence-electron chi connectivity index (χ1n) is 10.5. The number of ether oxygens (including phenoxy) is 3. The molecule has 0 radical (unpaired) electrons.